The maximum Gasteiger partial charge on any atom is 0.207 e. The Morgan fingerprint density at radius 3 is 1.82 bits per heavy atom. The molecule has 112 valence electrons. The molecular weight excluding hydrogens is 284 g/mol. The molecule has 0 aromatic heterocycles. The summed E-state index contributed by atoms with van der Waals surface area (Å²) in [6.45, 7) is 0. The summed E-state index contributed by atoms with van der Waals surface area (Å²) in [5.41, 5.74) is 1.12. The number of carbonyl (C=O) groups is 1. The fraction of sp³-hybridized carbons (Fsp3) is 0.118. The predicted molar refractivity (Wildman–Crippen MR) is 79.5 cm³/mol. The standard InChI is InChI=1S/C17H14O5/c18-11-5-1-9(2-6-11)13-15(20)14(17(22)16(13)21)10-3-7-12(19)8-4-10/h1-8,13,15,18-20,22H. The third-order valence-electron chi connectivity index (χ3n) is 3.81. The summed E-state index contributed by atoms with van der Waals surface area (Å²) in [5, 5.41) is 39.2. The van der Waals surface area contributed by atoms with Crippen LogP contribution >= 0.6 is 0 Å². The van der Waals surface area contributed by atoms with Crippen LogP contribution in [0.2, 0.25) is 0 Å². The molecular formula is C17H14O5. The molecule has 5 nitrogen and oxygen atoms in total. The lowest BCUT2D eigenvalue weighted by Crippen LogP contribution is -2.20. The Morgan fingerprint density at radius 1 is 0.773 bits per heavy atom. The number of aliphatic hydroxyl groups excluding tert-OH is 2. The van der Waals surface area contributed by atoms with E-state index < -0.39 is 23.6 Å². The molecule has 22 heavy (non-hydrogen) atoms. The Hall–Kier alpha value is -2.79. The van der Waals surface area contributed by atoms with Crippen molar-refractivity contribution in [3.05, 3.63) is 65.4 Å². The maximum absolute atomic E-state index is 12.3. The highest BCUT2D eigenvalue weighted by molar-refractivity contribution is 6.11. The largest absolute Gasteiger partial charge is 0.508 e. The number of rotatable bonds is 2. The van der Waals surface area contributed by atoms with E-state index in [9.17, 15) is 25.2 Å². The number of allylic oxidation sites excluding steroid dienone is 1. The van der Waals surface area contributed by atoms with Crippen LogP contribution in [-0.2, 0) is 4.79 Å². The molecule has 0 spiro atoms. The molecule has 1 aliphatic carbocycles. The van der Waals surface area contributed by atoms with Crippen molar-refractivity contribution in [3.63, 3.8) is 0 Å². The molecule has 0 aliphatic heterocycles. The van der Waals surface area contributed by atoms with E-state index in [2.05, 4.69) is 0 Å². The number of benzene rings is 2. The minimum atomic E-state index is -1.19. The van der Waals surface area contributed by atoms with E-state index in [4.69, 9.17) is 0 Å². The first kappa shape index (κ1) is 14.2. The van der Waals surface area contributed by atoms with Crippen LogP contribution in [0.15, 0.2) is 54.3 Å². The number of aromatic hydroxyl groups is 2. The third-order valence-corrected chi connectivity index (χ3v) is 3.81. The molecule has 3 rings (SSSR count). The van der Waals surface area contributed by atoms with E-state index in [-0.39, 0.29) is 17.1 Å². The van der Waals surface area contributed by atoms with Crippen LogP contribution in [0, 0.1) is 0 Å². The molecule has 2 aromatic rings. The molecule has 0 bridgehead atoms. The first-order valence-electron chi connectivity index (χ1n) is 6.73. The number of phenolic OH excluding ortho intramolecular Hbond substituents is 2. The van der Waals surface area contributed by atoms with Gasteiger partial charge < -0.3 is 20.4 Å². The Bertz CT molecular complexity index is 744. The normalized spacial score (nSPS) is 21.4. The van der Waals surface area contributed by atoms with Gasteiger partial charge in [-0.15, -0.1) is 0 Å². The number of Topliss-reactive ketones (excluding diaryl/α,β-unsaturated/α-hetero) is 1. The number of hydrogen-bond donors (Lipinski definition) is 4. The fourth-order valence-electron chi connectivity index (χ4n) is 2.69. The van der Waals surface area contributed by atoms with Gasteiger partial charge in [0.1, 0.15) is 11.5 Å². The molecule has 0 saturated heterocycles. The number of aliphatic hydroxyl groups is 2. The second-order valence-corrected chi connectivity index (χ2v) is 5.19. The third kappa shape index (κ3) is 2.21. The topological polar surface area (TPSA) is 98.0 Å². The second-order valence-electron chi connectivity index (χ2n) is 5.19. The summed E-state index contributed by atoms with van der Waals surface area (Å²) in [6, 6.07) is 11.8. The van der Waals surface area contributed by atoms with Crippen LogP contribution in [0.25, 0.3) is 5.57 Å². The molecule has 0 radical (unpaired) electrons. The van der Waals surface area contributed by atoms with Crippen LogP contribution in [0.4, 0.5) is 0 Å². The van der Waals surface area contributed by atoms with Gasteiger partial charge in [-0.1, -0.05) is 24.3 Å². The minimum Gasteiger partial charge on any atom is -0.508 e. The van der Waals surface area contributed by atoms with Crippen molar-refractivity contribution < 1.29 is 25.2 Å². The summed E-state index contributed by atoms with van der Waals surface area (Å²) in [6.07, 6.45) is -1.19. The monoisotopic (exact) mass is 298 g/mol. The van der Waals surface area contributed by atoms with Crippen LogP contribution < -0.4 is 0 Å². The van der Waals surface area contributed by atoms with Gasteiger partial charge in [0.05, 0.1) is 12.0 Å². The Morgan fingerprint density at radius 2 is 1.27 bits per heavy atom. The molecule has 1 aliphatic rings. The van der Waals surface area contributed by atoms with E-state index in [0.29, 0.717) is 11.1 Å². The highest BCUT2D eigenvalue weighted by Gasteiger charge is 2.42. The van der Waals surface area contributed by atoms with Crippen LogP contribution in [0.5, 0.6) is 11.5 Å². The second kappa shape index (κ2) is 5.20. The zero-order valence-corrected chi connectivity index (χ0v) is 11.5. The van der Waals surface area contributed by atoms with E-state index in [0.717, 1.165) is 0 Å². The highest BCUT2D eigenvalue weighted by Crippen LogP contribution is 2.40. The lowest BCUT2D eigenvalue weighted by atomic mass is 9.90. The average molecular weight is 298 g/mol. The molecule has 2 atom stereocenters. The average Bonchev–Trinajstić information content (AvgIpc) is 2.72. The highest BCUT2D eigenvalue weighted by atomic mass is 16.3. The van der Waals surface area contributed by atoms with Crippen molar-refractivity contribution >= 4 is 11.4 Å². The molecule has 0 saturated carbocycles. The molecule has 5 heteroatoms. The summed E-state index contributed by atoms with van der Waals surface area (Å²) in [7, 11) is 0. The summed E-state index contributed by atoms with van der Waals surface area (Å²) in [5.74, 6) is -1.85. The number of ketones is 1. The summed E-state index contributed by atoms with van der Waals surface area (Å²) < 4.78 is 0. The van der Waals surface area contributed by atoms with Crippen molar-refractivity contribution in [2.75, 3.05) is 0 Å². The van der Waals surface area contributed by atoms with E-state index >= 15 is 0 Å². The summed E-state index contributed by atoms with van der Waals surface area (Å²) in [4.78, 5) is 12.3. The molecule has 0 fully saturated rings. The molecule has 2 unspecified atom stereocenters. The Labute approximate surface area is 126 Å². The number of carbonyl (C=O) groups excluding carboxylic acids is 1. The van der Waals surface area contributed by atoms with Crippen molar-refractivity contribution in [2.24, 2.45) is 0 Å². The van der Waals surface area contributed by atoms with Gasteiger partial charge >= 0.3 is 0 Å². The molecule has 0 amide bonds. The van der Waals surface area contributed by atoms with E-state index in [1.54, 1.807) is 0 Å². The SMILES string of the molecule is O=C1C(O)=C(c2ccc(O)cc2)C(O)C1c1ccc(O)cc1. The van der Waals surface area contributed by atoms with Gasteiger partial charge in [0.25, 0.3) is 0 Å². The lowest BCUT2D eigenvalue weighted by Gasteiger charge is -2.16. The molecule has 2 aromatic carbocycles. The van der Waals surface area contributed by atoms with Crippen LogP contribution in [-0.4, -0.2) is 32.3 Å². The predicted octanol–water partition coefficient (Wildman–Crippen LogP) is 2.09. The Balaban J connectivity index is 2.01. The molecule has 0 heterocycles. The van der Waals surface area contributed by atoms with Gasteiger partial charge in [0, 0.05) is 5.57 Å². The van der Waals surface area contributed by atoms with Gasteiger partial charge in [0.2, 0.25) is 5.78 Å². The first-order chi connectivity index (χ1) is 10.5. The van der Waals surface area contributed by atoms with Crippen molar-refractivity contribution in [1.82, 2.24) is 0 Å². The number of hydrogen-bond acceptors (Lipinski definition) is 5. The van der Waals surface area contributed by atoms with Gasteiger partial charge in [0.15, 0.2) is 5.76 Å². The van der Waals surface area contributed by atoms with Gasteiger partial charge in [-0.25, -0.2) is 0 Å². The van der Waals surface area contributed by atoms with Crippen LogP contribution in [0.3, 0.4) is 0 Å². The number of phenols is 2. The first-order valence-corrected chi connectivity index (χ1v) is 6.73. The van der Waals surface area contributed by atoms with Gasteiger partial charge in [-0.05, 0) is 35.4 Å². The smallest absolute Gasteiger partial charge is 0.207 e. The lowest BCUT2D eigenvalue weighted by molar-refractivity contribution is -0.119. The van der Waals surface area contributed by atoms with Crippen molar-refractivity contribution in [2.45, 2.75) is 12.0 Å². The van der Waals surface area contributed by atoms with E-state index in [1.165, 1.54) is 48.5 Å². The summed E-state index contributed by atoms with van der Waals surface area (Å²) >= 11 is 0. The quantitative estimate of drug-likeness (QED) is 0.680. The van der Waals surface area contributed by atoms with E-state index in [1.807, 2.05) is 0 Å². The maximum atomic E-state index is 12.3. The van der Waals surface area contributed by atoms with Gasteiger partial charge in [-0.3, -0.25) is 4.79 Å². The van der Waals surface area contributed by atoms with Gasteiger partial charge in [-0.2, -0.15) is 0 Å². The van der Waals surface area contributed by atoms with Crippen molar-refractivity contribution in [3.8, 4) is 11.5 Å². The van der Waals surface area contributed by atoms with Crippen molar-refractivity contribution in [1.29, 1.82) is 0 Å². The fourth-order valence-corrected chi connectivity index (χ4v) is 2.69. The zero-order valence-electron chi connectivity index (χ0n) is 11.5. The molecule has 4 N–H and O–H groups in total. The zero-order chi connectivity index (χ0) is 15.9. The minimum absolute atomic E-state index is 0.0535. The Kier molecular flexibility index (Phi) is 3.35. The van der Waals surface area contributed by atoms with Crippen LogP contribution in [0.1, 0.15) is 17.0 Å².